The lowest BCUT2D eigenvalue weighted by molar-refractivity contribution is -0.141. The van der Waals surface area contributed by atoms with E-state index < -0.39 is 6.04 Å². The van der Waals surface area contributed by atoms with Crippen LogP contribution in [0.5, 0.6) is 11.5 Å². The molecule has 0 fully saturated rings. The summed E-state index contributed by atoms with van der Waals surface area (Å²) in [7, 11) is 1.61. The largest absolute Gasteiger partial charge is 0.497 e. The van der Waals surface area contributed by atoms with Crippen molar-refractivity contribution in [2.24, 2.45) is 0 Å². The van der Waals surface area contributed by atoms with Crippen LogP contribution in [-0.2, 0) is 16.1 Å². The maximum absolute atomic E-state index is 13.2. The van der Waals surface area contributed by atoms with Gasteiger partial charge in [-0.15, -0.1) is 0 Å². The van der Waals surface area contributed by atoms with Crippen molar-refractivity contribution in [2.75, 3.05) is 13.7 Å². The fourth-order valence-electron chi connectivity index (χ4n) is 3.40. The predicted molar refractivity (Wildman–Crippen MR) is 132 cm³/mol. The van der Waals surface area contributed by atoms with Crippen LogP contribution in [0.1, 0.15) is 52.0 Å². The monoisotopic (exact) mass is 474 g/mol. The van der Waals surface area contributed by atoms with E-state index in [0.717, 1.165) is 23.5 Å². The molecule has 0 spiro atoms. The maximum atomic E-state index is 13.2. The van der Waals surface area contributed by atoms with E-state index in [1.807, 2.05) is 63.2 Å². The van der Waals surface area contributed by atoms with Crippen LogP contribution in [0.4, 0.5) is 0 Å². The maximum Gasteiger partial charge on any atom is 0.243 e. The fraction of sp³-hybridized carbons (Fsp3) is 0.462. The van der Waals surface area contributed by atoms with Gasteiger partial charge in [-0.1, -0.05) is 43.6 Å². The van der Waals surface area contributed by atoms with Gasteiger partial charge in [0.15, 0.2) is 0 Å². The summed E-state index contributed by atoms with van der Waals surface area (Å²) >= 11 is 6.36. The van der Waals surface area contributed by atoms with E-state index >= 15 is 0 Å². The summed E-state index contributed by atoms with van der Waals surface area (Å²) in [5.41, 5.74) is 0.816. The Morgan fingerprint density at radius 1 is 1.03 bits per heavy atom. The first-order chi connectivity index (χ1) is 15.9. The fourth-order valence-corrected chi connectivity index (χ4v) is 3.60. The van der Waals surface area contributed by atoms with Crippen molar-refractivity contribution in [2.45, 2.75) is 65.1 Å². The van der Waals surface area contributed by atoms with Crippen LogP contribution in [0.25, 0.3) is 0 Å². The third-order valence-corrected chi connectivity index (χ3v) is 5.92. The number of nitrogens with one attached hydrogen (secondary N) is 1. The van der Waals surface area contributed by atoms with Crippen molar-refractivity contribution < 1.29 is 19.1 Å². The average Bonchev–Trinajstić information content (AvgIpc) is 2.83. The van der Waals surface area contributed by atoms with Crippen molar-refractivity contribution in [3.05, 3.63) is 59.1 Å². The molecule has 1 N–H and O–H groups in total. The van der Waals surface area contributed by atoms with E-state index in [1.54, 1.807) is 18.1 Å². The number of hydrogen-bond donors (Lipinski definition) is 1. The molecule has 0 radical (unpaired) electrons. The molecule has 2 rings (SSSR count). The molecule has 0 saturated heterocycles. The molecular weight excluding hydrogens is 440 g/mol. The van der Waals surface area contributed by atoms with Crippen molar-refractivity contribution in [3.8, 4) is 11.5 Å². The Bertz CT molecular complexity index is 888. The highest BCUT2D eigenvalue weighted by Gasteiger charge is 2.29. The Balaban J connectivity index is 2.06. The Morgan fingerprint density at radius 3 is 2.30 bits per heavy atom. The second-order valence-corrected chi connectivity index (χ2v) is 8.39. The summed E-state index contributed by atoms with van der Waals surface area (Å²) in [6, 6.07) is 14.2. The zero-order chi connectivity index (χ0) is 24.2. The molecule has 0 aromatic heterocycles. The molecule has 0 heterocycles. The zero-order valence-electron chi connectivity index (χ0n) is 20.0. The first-order valence-electron chi connectivity index (χ1n) is 11.5. The molecule has 2 unspecified atom stereocenters. The third-order valence-electron chi connectivity index (χ3n) is 5.55. The molecule has 6 nitrogen and oxygen atoms in total. The molecule has 0 aliphatic heterocycles. The summed E-state index contributed by atoms with van der Waals surface area (Å²) < 4.78 is 10.9. The first kappa shape index (κ1) is 26.5. The Hall–Kier alpha value is -2.73. The lowest BCUT2D eigenvalue weighted by Crippen LogP contribution is -2.50. The average molecular weight is 475 g/mol. The van der Waals surface area contributed by atoms with Gasteiger partial charge in [-0.3, -0.25) is 9.59 Å². The second-order valence-electron chi connectivity index (χ2n) is 7.98. The van der Waals surface area contributed by atoms with Gasteiger partial charge in [0.2, 0.25) is 11.8 Å². The molecule has 33 heavy (non-hydrogen) atoms. The van der Waals surface area contributed by atoms with Gasteiger partial charge < -0.3 is 19.7 Å². The third kappa shape index (κ3) is 8.28. The SMILES string of the molecule is CCC(C)NC(=O)C(CC)N(Cc1ccccc1Cl)C(=O)CCCOc1ccc(OC)cc1. The number of benzene rings is 2. The molecule has 2 aromatic rings. The number of rotatable bonds is 13. The Morgan fingerprint density at radius 2 is 1.70 bits per heavy atom. The number of halogens is 1. The molecule has 2 atom stereocenters. The predicted octanol–water partition coefficient (Wildman–Crippen LogP) is 5.23. The minimum Gasteiger partial charge on any atom is -0.497 e. The number of nitrogens with zero attached hydrogens (tertiary/aromatic N) is 1. The molecular formula is C26H35ClN2O4. The highest BCUT2D eigenvalue weighted by atomic mass is 35.5. The molecule has 180 valence electrons. The number of hydrogen-bond acceptors (Lipinski definition) is 4. The van der Waals surface area contributed by atoms with E-state index in [0.29, 0.717) is 24.5 Å². The van der Waals surface area contributed by atoms with Crippen LogP contribution >= 0.6 is 11.6 Å². The highest BCUT2D eigenvalue weighted by molar-refractivity contribution is 6.31. The van der Waals surface area contributed by atoms with E-state index in [-0.39, 0.29) is 30.8 Å². The van der Waals surface area contributed by atoms with Gasteiger partial charge in [0.1, 0.15) is 17.5 Å². The van der Waals surface area contributed by atoms with Crippen molar-refractivity contribution in [1.29, 1.82) is 0 Å². The van der Waals surface area contributed by atoms with Gasteiger partial charge in [0.25, 0.3) is 0 Å². The lowest BCUT2D eigenvalue weighted by atomic mass is 10.1. The topological polar surface area (TPSA) is 67.9 Å². The minimum atomic E-state index is -0.565. The molecule has 2 amide bonds. The molecule has 0 bridgehead atoms. The number of amides is 2. The van der Waals surface area contributed by atoms with Gasteiger partial charge in [-0.2, -0.15) is 0 Å². The quantitative estimate of drug-likeness (QED) is 0.403. The van der Waals surface area contributed by atoms with E-state index in [4.69, 9.17) is 21.1 Å². The first-order valence-corrected chi connectivity index (χ1v) is 11.9. The van der Waals surface area contributed by atoms with Gasteiger partial charge in [-0.25, -0.2) is 0 Å². The van der Waals surface area contributed by atoms with Crippen LogP contribution < -0.4 is 14.8 Å². The van der Waals surface area contributed by atoms with E-state index in [1.165, 1.54) is 0 Å². The zero-order valence-corrected chi connectivity index (χ0v) is 20.7. The summed E-state index contributed by atoms with van der Waals surface area (Å²) in [6.07, 6.45) is 2.14. The number of carbonyl (C=O) groups excluding carboxylic acids is 2. The van der Waals surface area contributed by atoms with Gasteiger partial charge in [0.05, 0.1) is 13.7 Å². The Kier molecular flexibility index (Phi) is 11.0. The second kappa shape index (κ2) is 13.7. The number of methoxy groups -OCH3 is 1. The van der Waals surface area contributed by atoms with Crippen LogP contribution in [0.2, 0.25) is 5.02 Å². The summed E-state index contributed by atoms with van der Waals surface area (Å²) in [6.45, 7) is 6.57. The van der Waals surface area contributed by atoms with Crippen molar-refractivity contribution in [1.82, 2.24) is 10.2 Å². The number of carbonyl (C=O) groups is 2. The van der Waals surface area contributed by atoms with Crippen molar-refractivity contribution in [3.63, 3.8) is 0 Å². The molecule has 0 aliphatic carbocycles. The van der Waals surface area contributed by atoms with Crippen LogP contribution in [-0.4, -0.2) is 42.5 Å². The minimum absolute atomic E-state index is 0.0433. The smallest absolute Gasteiger partial charge is 0.243 e. The normalized spacial score (nSPS) is 12.5. The van der Waals surface area contributed by atoms with Crippen LogP contribution in [0.3, 0.4) is 0 Å². The Labute approximate surface area is 202 Å². The van der Waals surface area contributed by atoms with Crippen molar-refractivity contribution >= 4 is 23.4 Å². The molecule has 0 aliphatic rings. The summed E-state index contributed by atoms with van der Waals surface area (Å²) in [5.74, 6) is 1.24. The molecule has 7 heteroatoms. The lowest BCUT2D eigenvalue weighted by Gasteiger charge is -2.31. The summed E-state index contributed by atoms with van der Waals surface area (Å²) in [5, 5.41) is 3.59. The van der Waals surface area contributed by atoms with Gasteiger partial charge in [-0.05, 0) is 62.1 Å². The van der Waals surface area contributed by atoms with Gasteiger partial charge >= 0.3 is 0 Å². The molecule has 2 aromatic carbocycles. The van der Waals surface area contributed by atoms with Gasteiger partial charge in [0, 0.05) is 24.0 Å². The molecule has 0 saturated carbocycles. The van der Waals surface area contributed by atoms with E-state index in [2.05, 4.69) is 5.32 Å². The van der Waals surface area contributed by atoms with E-state index in [9.17, 15) is 9.59 Å². The highest BCUT2D eigenvalue weighted by Crippen LogP contribution is 2.21. The summed E-state index contributed by atoms with van der Waals surface area (Å²) in [4.78, 5) is 27.8. The number of ether oxygens (including phenoxy) is 2. The van der Waals surface area contributed by atoms with Crippen LogP contribution in [0.15, 0.2) is 48.5 Å². The standard InChI is InChI=1S/C26H35ClN2O4/c1-5-19(3)28-26(31)24(6-2)29(18-20-10-7-8-11-23(20)27)25(30)12-9-17-33-22-15-13-21(32-4)14-16-22/h7-8,10-11,13-16,19,24H,5-6,9,12,17-18H2,1-4H3,(H,28,31). The van der Waals surface area contributed by atoms with Crippen LogP contribution in [0, 0.1) is 0 Å².